The van der Waals surface area contributed by atoms with Crippen LogP contribution in [-0.4, -0.2) is 46.4 Å². The average Bonchev–Trinajstić information content (AvgIpc) is 2.85. The van der Waals surface area contributed by atoms with E-state index >= 15 is 0 Å². The number of carbonyl (C=O) groups is 2. The summed E-state index contributed by atoms with van der Waals surface area (Å²) in [5.41, 5.74) is 7.43. The Kier molecular flexibility index (Phi) is 6.85. The van der Waals surface area contributed by atoms with Crippen molar-refractivity contribution in [1.29, 1.82) is 0 Å². The molecule has 1 saturated heterocycles. The molecule has 0 radical (unpaired) electrons. The van der Waals surface area contributed by atoms with Crippen LogP contribution in [0.3, 0.4) is 0 Å². The number of carbonyl (C=O) groups excluding carboxylic acids is 2. The van der Waals surface area contributed by atoms with Gasteiger partial charge in [-0.2, -0.15) is 0 Å². The van der Waals surface area contributed by atoms with Gasteiger partial charge in [0.15, 0.2) is 0 Å². The molecule has 1 fully saturated rings. The minimum Gasteiger partial charge on any atom is -0.506 e. The highest BCUT2D eigenvalue weighted by molar-refractivity contribution is 6.06. The number of hydrogen-bond donors (Lipinski definition) is 4. The highest BCUT2D eigenvalue weighted by Gasteiger charge is 2.39. The third kappa shape index (κ3) is 4.70. The van der Waals surface area contributed by atoms with Gasteiger partial charge >= 0.3 is 0 Å². The number of phenolic OH excluding ortho intramolecular Hbond substituents is 1. The van der Waals surface area contributed by atoms with Crippen molar-refractivity contribution in [3.05, 3.63) is 89.2 Å². The number of nitrogens with zero attached hydrogens (tertiary/aromatic N) is 2. The molecule has 1 spiro atoms. The van der Waals surface area contributed by atoms with Crippen molar-refractivity contribution in [2.24, 2.45) is 10.7 Å². The number of aromatic hydroxyl groups is 1. The second kappa shape index (κ2) is 9.87. The zero-order valence-corrected chi connectivity index (χ0v) is 20.0. The van der Waals surface area contributed by atoms with E-state index in [4.69, 9.17) is 5.73 Å². The van der Waals surface area contributed by atoms with Gasteiger partial charge in [0.1, 0.15) is 23.1 Å². The SMILES string of the molecule is Cl.NC1=NC2(CCN(C(=O)c3ccc(C(=O)Nc4ccccc4O)cc3)CC2)Nc2cccc(F)c21. The van der Waals surface area contributed by atoms with E-state index < -0.39 is 11.5 Å². The molecule has 186 valence electrons. The zero-order valence-electron chi connectivity index (χ0n) is 19.2. The van der Waals surface area contributed by atoms with Crippen LogP contribution in [0.2, 0.25) is 0 Å². The van der Waals surface area contributed by atoms with Crippen molar-refractivity contribution < 1.29 is 19.1 Å². The zero-order chi connectivity index (χ0) is 24.6. The molecule has 0 atom stereocenters. The molecule has 10 heteroatoms. The number of fused-ring (bicyclic) bond motifs is 1. The first-order valence-corrected chi connectivity index (χ1v) is 11.3. The summed E-state index contributed by atoms with van der Waals surface area (Å²) in [6.07, 6.45) is 1.05. The summed E-state index contributed by atoms with van der Waals surface area (Å²) < 4.78 is 14.1. The lowest BCUT2D eigenvalue weighted by molar-refractivity contribution is 0.0685. The second-order valence-corrected chi connectivity index (χ2v) is 8.66. The maximum atomic E-state index is 14.1. The molecule has 2 amide bonds. The molecular weight excluding hydrogens is 485 g/mol. The first-order chi connectivity index (χ1) is 16.8. The van der Waals surface area contributed by atoms with Gasteiger partial charge < -0.3 is 26.4 Å². The van der Waals surface area contributed by atoms with E-state index in [1.807, 2.05) is 0 Å². The number of amides is 2. The fraction of sp³-hybridized carbons (Fsp3) is 0.192. The third-order valence-corrected chi connectivity index (χ3v) is 6.40. The van der Waals surface area contributed by atoms with Crippen LogP contribution in [-0.2, 0) is 0 Å². The Hall–Kier alpha value is -4.11. The number of piperidine rings is 1. The van der Waals surface area contributed by atoms with Gasteiger partial charge in [0.05, 0.1) is 11.3 Å². The summed E-state index contributed by atoms with van der Waals surface area (Å²) in [4.78, 5) is 31.8. The number of phenols is 1. The minimum atomic E-state index is -0.674. The predicted molar refractivity (Wildman–Crippen MR) is 138 cm³/mol. The normalized spacial score (nSPS) is 15.7. The van der Waals surface area contributed by atoms with E-state index in [9.17, 15) is 19.1 Å². The number of benzene rings is 3. The molecule has 3 aromatic rings. The number of para-hydroxylation sites is 2. The Morgan fingerprint density at radius 1 is 1.00 bits per heavy atom. The van der Waals surface area contributed by atoms with Gasteiger partial charge in [-0.05, 0) is 48.5 Å². The molecule has 36 heavy (non-hydrogen) atoms. The third-order valence-electron chi connectivity index (χ3n) is 6.40. The monoisotopic (exact) mass is 509 g/mol. The molecular formula is C26H25ClFN5O3. The number of amidine groups is 1. The lowest BCUT2D eigenvalue weighted by atomic mass is 9.93. The molecule has 3 aromatic carbocycles. The number of aliphatic imine (C=N–C) groups is 1. The molecule has 5 N–H and O–H groups in total. The van der Waals surface area contributed by atoms with Crippen LogP contribution in [0.4, 0.5) is 15.8 Å². The molecule has 5 rings (SSSR count). The maximum absolute atomic E-state index is 14.1. The van der Waals surface area contributed by atoms with Gasteiger partial charge in [-0.25, -0.2) is 9.38 Å². The summed E-state index contributed by atoms with van der Waals surface area (Å²) in [5, 5.41) is 15.8. The summed E-state index contributed by atoms with van der Waals surface area (Å²) in [6.45, 7) is 0.894. The van der Waals surface area contributed by atoms with Crippen molar-refractivity contribution >= 4 is 41.4 Å². The second-order valence-electron chi connectivity index (χ2n) is 8.66. The summed E-state index contributed by atoms with van der Waals surface area (Å²) >= 11 is 0. The van der Waals surface area contributed by atoms with E-state index in [0.717, 1.165) is 0 Å². The topological polar surface area (TPSA) is 120 Å². The largest absolute Gasteiger partial charge is 0.506 e. The molecule has 0 saturated carbocycles. The van der Waals surface area contributed by atoms with E-state index in [1.54, 1.807) is 59.5 Å². The van der Waals surface area contributed by atoms with E-state index in [-0.39, 0.29) is 41.4 Å². The van der Waals surface area contributed by atoms with Gasteiger partial charge in [-0.3, -0.25) is 9.59 Å². The minimum absolute atomic E-state index is 0. The Bertz CT molecular complexity index is 1340. The quantitative estimate of drug-likeness (QED) is 0.398. The summed E-state index contributed by atoms with van der Waals surface area (Å²) in [7, 11) is 0. The van der Waals surface area contributed by atoms with Crippen LogP contribution in [0.15, 0.2) is 71.7 Å². The van der Waals surface area contributed by atoms with Crippen LogP contribution in [0.5, 0.6) is 5.75 Å². The number of likely N-dealkylation sites (tertiary alicyclic amines) is 1. The van der Waals surface area contributed by atoms with Crippen molar-refractivity contribution in [1.82, 2.24) is 4.90 Å². The lowest BCUT2D eigenvalue weighted by Gasteiger charge is -2.42. The van der Waals surface area contributed by atoms with E-state index in [0.29, 0.717) is 48.4 Å². The Morgan fingerprint density at radius 2 is 1.67 bits per heavy atom. The number of nitrogens with one attached hydrogen (secondary N) is 2. The molecule has 0 aromatic heterocycles. The average molecular weight is 510 g/mol. The molecule has 0 bridgehead atoms. The Labute approximate surface area is 213 Å². The first kappa shape index (κ1) is 25.0. The highest BCUT2D eigenvalue weighted by atomic mass is 35.5. The van der Waals surface area contributed by atoms with Gasteiger partial charge in [-0.15, -0.1) is 12.4 Å². The molecule has 2 heterocycles. The van der Waals surface area contributed by atoms with Crippen LogP contribution < -0.4 is 16.4 Å². The number of rotatable bonds is 3. The molecule has 0 aliphatic carbocycles. The van der Waals surface area contributed by atoms with Crippen LogP contribution in [0, 0.1) is 5.82 Å². The molecule has 2 aliphatic rings. The standard InChI is InChI=1S/C26H24FN5O3.ClH/c27-18-4-3-6-20-22(18)23(28)31-26(30-20)12-14-32(15-13-26)25(35)17-10-8-16(9-11-17)24(34)29-19-5-1-2-7-21(19)33;/h1-11,30,33H,12-15H2,(H2,28,31)(H,29,34);1H. The van der Waals surface area contributed by atoms with Crippen LogP contribution >= 0.6 is 12.4 Å². The molecule has 8 nitrogen and oxygen atoms in total. The summed E-state index contributed by atoms with van der Waals surface area (Å²) in [5.74, 6) is -0.818. The fourth-order valence-corrected chi connectivity index (χ4v) is 4.49. The van der Waals surface area contributed by atoms with Crippen molar-refractivity contribution in [2.45, 2.75) is 18.5 Å². The van der Waals surface area contributed by atoms with Crippen molar-refractivity contribution in [2.75, 3.05) is 23.7 Å². The number of halogens is 2. The van der Waals surface area contributed by atoms with Gasteiger partial charge in [0.25, 0.3) is 11.8 Å². The first-order valence-electron chi connectivity index (χ1n) is 11.3. The van der Waals surface area contributed by atoms with Gasteiger partial charge in [-0.1, -0.05) is 18.2 Å². The number of anilines is 2. The molecule has 0 unspecified atom stereocenters. The Balaban J connectivity index is 0.00000304. The van der Waals surface area contributed by atoms with Crippen molar-refractivity contribution in [3.63, 3.8) is 0 Å². The number of hydrogen-bond acceptors (Lipinski definition) is 6. The van der Waals surface area contributed by atoms with E-state index in [2.05, 4.69) is 15.6 Å². The maximum Gasteiger partial charge on any atom is 0.255 e. The summed E-state index contributed by atoms with van der Waals surface area (Å²) in [6, 6.07) is 17.6. The van der Waals surface area contributed by atoms with Gasteiger partial charge in [0.2, 0.25) is 0 Å². The van der Waals surface area contributed by atoms with Crippen LogP contribution in [0.25, 0.3) is 0 Å². The van der Waals surface area contributed by atoms with Crippen LogP contribution in [0.1, 0.15) is 39.1 Å². The molecule has 2 aliphatic heterocycles. The lowest BCUT2D eigenvalue weighted by Crippen LogP contribution is -2.52. The highest BCUT2D eigenvalue weighted by Crippen LogP contribution is 2.35. The number of nitrogens with two attached hydrogens (primary N) is 1. The predicted octanol–water partition coefficient (Wildman–Crippen LogP) is 3.97. The smallest absolute Gasteiger partial charge is 0.255 e. The van der Waals surface area contributed by atoms with Crippen molar-refractivity contribution in [3.8, 4) is 5.75 Å². The Morgan fingerprint density at radius 3 is 2.36 bits per heavy atom. The van der Waals surface area contributed by atoms with Gasteiger partial charge in [0, 0.05) is 42.7 Å². The van der Waals surface area contributed by atoms with E-state index in [1.165, 1.54) is 12.1 Å². The fourth-order valence-electron chi connectivity index (χ4n) is 4.49.